The van der Waals surface area contributed by atoms with Gasteiger partial charge in [0.1, 0.15) is 29.4 Å². The summed E-state index contributed by atoms with van der Waals surface area (Å²) in [5.41, 5.74) is 4.32. The largest absolute Gasteiger partial charge is 0.462 e. The standard InChI is InChI=1S/C22H23NO4.C18H15NO2.C6H14O3/c1-17(16-26-14-13-25-2)27-22(24)20(15-23)21(18-9-5-3-6-10-18)19-11-7-4-8-12-19;1-2-21-18(20)16(13-19)17(14-9-5-3-6-10-14)15-11-7-4-8-12-15;1-6(7)5-9-4-3-8-2/h3-12,17H,13-14,16H2,1-2H3;3-12H,2H2,1H3;6-7H,3-5H2,1-2H3. The fraction of sp³-hybridized carbons (Fsp3) is 0.304. The van der Waals surface area contributed by atoms with Crippen LogP contribution in [0.3, 0.4) is 0 Å². The quantitative estimate of drug-likeness (QED) is 0.0471. The van der Waals surface area contributed by atoms with Crippen LogP contribution in [0.1, 0.15) is 43.0 Å². The molecule has 0 aliphatic rings. The number of benzene rings is 4. The van der Waals surface area contributed by atoms with E-state index in [4.69, 9.17) is 33.5 Å². The molecule has 300 valence electrons. The molecule has 57 heavy (non-hydrogen) atoms. The van der Waals surface area contributed by atoms with Crippen LogP contribution in [0.2, 0.25) is 0 Å². The van der Waals surface area contributed by atoms with Crippen LogP contribution in [0.25, 0.3) is 11.1 Å². The normalized spacial score (nSPS) is 11.0. The van der Waals surface area contributed by atoms with E-state index in [2.05, 4.69) is 0 Å². The summed E-state index contributed by atoms with van der Waals surface area (Å²) in [4.78, 5) is 24.7. The molecule has 0 aliphatic carbocycles. The van der Waals surface area contributed by atoms with E-state index in [-0.39, 0.29) is 30.5 Å². The zero-order valence-electron chi connectivity index (χ0n) is 33.3. The number of carbonyl (C=O) groups excluding carboxylic acids is 2. The third-order valence-corrected chi connectivity index (χ3v) is 7.54. The number of aliphatic hydroxyl groups excluding tert-OH is 1. The summed E-state index contributed by atoms with van der Waals surface area (Å²) in [6.07, 6.45) is -0.854. The number of hydrogen-bond donors (Lipinski definition) is 1. The average molecular weight is 777 g/mol. The lowest BCUT2D eigenvalue weighted by Gasteiger charge is -2.15. The lowest BCUT2D eigenvalue weighted by Crippen LogP contribution is -2.22. The number of nitriles is 2. The van der Waals surface area contributed by atoms with Gasteiger partial charge in [0.25, 0.3) is 0 Å². The molecule has 4 aromatic carbocycles. The smallest absolute Gasteiger partial charge is 0.349 e. The number of methoxy groups -OCH3 is 2. The fourth-order valence-corrected chi connectivity index (χ4v) is 5.00. The van der Waals surface area contributed by atoms with E-state index >= 15 is 0 Å². The van der Waals surface area contributed by atoms with Gasteiger partial charge in [0.2, 0.25) is 0 Å². The zero-order valence-corrected chi connectivity index (χ0v) is 33.3. The van der Waals surface area contributed by atoms with Crippen molar-refractivity contribution in [2.24, 2.45) is 0 Å². The van der Waals surface area contributed by atoms with E-state index in [1.54, 1.807) is 35.0 Å². The summed E-state index contributed by atoms with van der Waals surface area (Å²) >= 11 is 0. The Balaban J connectivity index is 0.000000331. The van der Waals surface area contributed by atoms with Crippen molar-refractivity contribution in [3.05, 3.63) is 155 Å². The highest BCUT2D eigenvalue weighted by Gasteiger charge is 2.22. The Hall–Kier alpha value is -5.92. The summed E-state index contributed by atoms with van der Waals surface area (Å²) < 4.78 is 30.4. The van der Waals surface area contributed by atoms with Crippen molar-refractivity contribution in [3.8, 4) is 12.1 Å². The first-order valence-electron chi connectivity index (χ1n) is 18.4. The topological polar surface area (TPSA) is 157 Å². The Bertz CT molecular complexity index is 1800. The number of nitrogens with zero attached hydrogens (tertiary/aromatic N) is 2. The first kappa shape index (κ1) is 47.2. The molecule has 0 aliphatic heterocycles. The minimum absolute atomic E-state index is 0.0225. The maximum absolute atomic E-state index is 12.7. The number of hydrogen-bond acceptors (Lipinski definition) is 11. The molecule has 0 saturated carbocycles. The van der Waals surface area contributed by atoms with Crippen molar-refractivity contribution >= 4 is 23.1 Å². The highest BCUT2D eigenvalue weighted by Crippen LogP contribution is 2.29. The molecule has 0 bridgehead atoms. The molecule has 0 heterocycles. The first-order chi connectivity index (χ1) is 27.7. The van der Waals surface area contributed by atoms with Gasteiger partial charge >= 0.3 is 11.9 Å². The molecule has 2 atom stereocenters. The van der Waals surface area contributed by atoms with Gasteiger partial charge in [-0.1, -0.05) is 121 Å². The average Bonchev–Trinajstić information content (AvgIpc) is 3.23. The van der Waals surface area contributed by atoms with Crippen LogP contribution in [0, 0.1) is 22.7 Å². The summed E-state index contributed by atoms with van der Waals surface area (Å²) in [6, 6.07) is 41.5. The molecule has 0 fully saturated rings. The van der Waals surface area contributed by atoms with Crippen molar-refractivity contribution < 1.29 is 43.1 Å². The van der Waals surface area contributed by atoms with Gasteiger partial charge < -0.3 is 33.5 Å². The number of esters is 2. The van der Waals surface area contributed by atoms with E-state index in [1.165, 1.54) is 0 Å². The fourth-order valence-electron chi connectivity index (χ4n) is 5.00. The van der Waals surface area contributed by atoms with Crippen LogP contribution in [-0.4, -0.2) is 89.7 Å². The Morgan fingerprint density at radius 3 is 1.25 bits per heavy atom. The number of rotatable bonds is 18. The van der Waals surface area contributed by atoms with E-state index in [0.29, 0.717) is 44.2 Å². The maximum Gasteiger partial charge on any atom is 0.349 e. The van der Waals surface area contributed by atoms with E-state index in [9.17, 15) is 20.1 Å². The van der Waals surface area contributed by atoms with Gasteiger partial charge in [0.15, 0.2) is 0 Å². The highest BCUT2D eigenvalue weighted by molar-refractivity contribution is 6.06. The molecule has 0 aromatic heterocycles. The van der Waals surface area contributed by atoms with Crippen LogP contribution < -0.4 is 0 Å². The molecule has 4 rings (SSSR count). The van der Waals surface area contributed by atoms with Crippen LogP contribution in [0.4, 0.5) is 0 Å². The number of carbonyl (C=O) groups is 2. The monoisotopic (exact) mass is 776 g/mol. The molecular weight excluding hydrogens is 725 g/mol. The first-order valence-corrected chi connectivity index (χ1v) is 18.4. The third-order valence-electron chi connectivity index (χ3n) is 7.54. The minimum atomic E-state index is -0.664. The highest BCUT2D eigenvalue weighted by atomic mass is 16.6. The lowest BCUT2D eigenvalue weighted by molar-refractivity contribution is -0.146. The van der Waals surface area contributed by atoms with Crippen molar-refractivity contribution in [2.45, 2.75) is 33.0 Å². The predicted octanol–water partition coefficient (Wildman–Crippen LogP) is 7.21. The Kier molecular flexibility index (Phi) is 23.6. The zero-order chi connectivity index (χ0) is 41.7. The van der Waals surface area contributed by atoms with Gasteiger partial charge in [-0.05, 0) is 43.0 Å². The van der Waals surface area contributed by atoms with Gasteiger partial charge in [-0.2, -0.15) is 10.5 Å². The molecule has 0 saturated heterocycles. The van der Waals surface area contributed by atoms with Crippen molar-refractivity contribution in [1.82, 2.24) is 0 Å². The number of ether oxygens (including phenoxy) is 6. The van der Waals surface area contributed by atoms with Gasteiger partial charge in [-0.15, -0.1) is 0 Å². The molecule has 0 amide bonds. The maximum atomic E-state index is 12.7. The van der Waals surface area contributed by atoms with E-state index in [1.807, 2.05) is 133 Å². The van der Waals surface area contributed by atoms with Crippen LogP contribution in [0.5, 0.6) is 0 Å². The molecular formula is C46H52N2O9. The molecule has 2 unspecified atom stereocenters. The molecule has 0 radical (unpaired) electrons. The SMILES string of the molecule is CCOC(=O)C(C#N)=C(c1ccccc1)c1ccccc1.COCCOCC(C)O.COCCOCC(C)OC(=O)C(C#N)=C(c1ccccc1)c1ccccc1. The summed E-state index contributed by atoms with van der Waals surface area (Å²) in [5.74, 6) is -1.26. The van der Waals surface area contributed by atoms with Crippen LogP contribution >= 0.6 is 0 Å². The van der Waals surface area contributed by atoms with Gasteiger partial charge in [0, 0.05) is 25.4 Å². The molecule has 1 N–H and O–H groups in total. The Morgan fingerprint density at radius 2 is 0.930 bits per heavy atom. The Morgan fingerprint density at radius 1 is 0.579 bits per heavy atom. The van der Waals surface area contributed by atoms with E-state index < -0.39 is 18.0 Å². The van der Waals surface area contributed by atoms with Crippen molar-refractivity contribution in [2.75, 3.05) is 60.5 Å². The third kappa shape index (κ3) is 17.6. The van der Waals surface area contributed by atoms with Crippen molar-refractivity contribution in [1.29, 1.82) is 10.5 Å². The number of aliphatic hydroxyl groups is 1. The summed E-state index contributed by atoms with van der Waals surface area (Å²) in [6.45, 7) is 8.03. The Labute approximate surface area is 336 Å². The lowest BCUT2D eigenvalue weighted by atomic mass is 9.93. The van der Waals surface area contributed by atoms with Gasteiger partial charge in [-0.3, -0.25) is 0 Å². The van der Waals surface area contributed by atoms with Crippen LogP contribution in [-0.2, 0) is 38.0 Å². The summed E-state index contributed by atoms with van der Waals surface area (Å²) in [7, 11) is 3.21. The van der Waals surface area contributed by atoms with Gasteiger partial charge in [0.05, 0.1) is 52.4 Å². The molecule has 0 spiro atoms. The van der Waals surface area contributed by atoms with E-state index in [0.717, 1.165) is 22.3 Å². The predicted molar refractivity (Wildman–Crippen MR) is 218 cm³/mol. The molecule has 4 aromatic rings. The van der Waals surface area contributed by atoms with Crippen molar-refractivity contribution in [3.63, 3.8) is 0 Å². The summed E-state index contributed by atoms with van der Waals surface area (Å²) in [5, 5.41) is 27.8. The molecule has 11 heteroatoms. The molecule has 11 nitrogen and oxygen atoms in total. The second-order valence-corrected chi connectivity index (χ2v) is 12.1. The minimum Gasteiger partial charge on any atom is -0.462 e. The van der Waals surface area contributed by atoms with Gasteiger partial charge in [-0.25, -0.2) is 9.59 Å². The second kappa shape index (κ2) is 28.5. The second-order valence-electron chi connectivity index (χ2n) is 12.1. The van der Waals surface area contributed by atoms with Crippen LogP contribution in [0.15, 0.2) is 132 Å².